The third kappa shape index (κ3) is 1.50. The van der Waals surface area contributed by atoms with Crippen LogP contribution in [0.3, 0.4) is 0 Å². The van der Waals surface area contributed by atoms with E-state index in [1.807, 2.05) is 0 Å². The van der Waals surface area contributed by atoms with Crippen molar-refractivity contribution in [2.45, 2.75) is 38.8 Å². The Hall–Kier alpha value is -0.0800. The molecule has 3 N–H and O–H groups in total. The Morgan fingerprint density at radius 1 is 1.60 bits per heavy atom. The Balaban J connectivity index is 2.42. The molecule has 1 saturated heterocycles. The van der Waals surface area contributed by atoms with Crippen LogP contribution in [0.1, 0.15) is 26.7 Å². The zero-order valence-corrected chi connectivity index (χ0v) is 6.93. The van der Waals surface area contributed by atoms with Gasteiger partial charge in [-0.25, -0.2) is 0 Å². The van der Waals surface area contributed by atoms with Gasteiger partial charge in [0.05, 0.1) is 0 Å². The predicted octanol–water partition coefficient (Wildman–Crippen LogP) is 0.722. The minimum absolute atomic E-state index is 0.374. The molecule has 3 atom stereocenters. The van der Waals surface area contributed by atoms with Crippen LogP contribution in [0.15, 0.2) is 0 Å². The average molecular weight is 142 g/mol. The van der Waals surface area contributed by atoms with Gasteiger partial charge in [0, 0.05) is 12.1 Å². The molecule has 1 fully saturated rings. The van der Waals surface area contributed by atoms with E-state index in [4.69, 9.17) is 5.73 Å². The summed E-state index contributed by atoms with van der Waals surface area (Å²) >= 11 is 0. The van der Waals surface area contributed by atoms with Crippen molar-refractivity contribution in [3.05, 3.63) is 0 Å². The van der Waals surface area contributed by atoms with E-state index in [1.165, 1.54) is 6.42 Å². The Bertz CT molecular complexity index is 103. The first-order chi connectivity index (χ1) is 4.75. The molecule has 0 aliphatic carbocycles. The Morgan fingerprint density at radius 3 is 2.80 bits per heavy atom. The zero-order chi connectivity index (χ0) is 7.56. The van der Waals surface area contributed by atoms with Crippen molar-refractivity contribution < 1.29 is 0 Å². The number of nitrogens with one attached hydrogen (secondary N) is 1. The van der Waals surface area contributed by atoms with E-state index < -0.39 is 0 Å². The number of piperidine rings is 1. The Kier molecular flexibility index (Phi) is 2.69. The van der Waals surface area contributed by atoms with Crippen molar-refractivity contribution in [2.24, 2.45) is 11.7 Å². The van der Waals surface area contributed by atoms with Crippen LogP contribution in [0.2, 0.25) is 0 Å². The second-order valence-corrected chi connectivity index (χ2v) is 3.31. The van der Waals surface area contributed by atoms with Crippen molar-refractivity contribution in [1.29, 1.82) is 0 Å². The summed E-state index contributed by atoms with van der Waals surface area (Å²) in [5.74, 6) is 0.700. The highest BCUT2D eigenvalue weighted by Crippen LogP contribution is 2.15. The van der Waals surface area contributed by atoms with Gasteiger partial charge in [0.2, 0.25) is 0 Å². The molecule has 60 valence electrons. The topological polar surface area (TPSA) is 38.0 Å². The van der Waals surface area contributed by atoms with Gasteiger partial charge >= 0.3 is 0 Å². The number of rotatable bonds is 1. The van der Waals surface area contributed by atoms with Crippen molar-refractivity contribution in [3.63, 3.8) is 0 Å². The third-order valence-electron chi connectivity index (χ3n) is 2.57. The molecule has 0 radical (unpaired) electrons. The molecule has 1 rings (SSSR count). The third-order valence-corrected chi connectivity index (χ3v) is 2.57. The number of hydrogen-bond donors (Lipinski definition) is 2. The van der Waals surface area contributed by atoms with E-state index in [0.717, 1.165) is 13.0 Å². The average Bonchev–Trinajstić information content (AvgIpc) is 1.95. The Morgan fingerprint density at radius 2 is 2.30 bits per heavy atom. The lowest BCUT2D eigenvalue weighted by Gasteiger charge is -2.34. The van der Waals surface area contributed by atoms with Gasteiger partial charge in [-0.3, -0.25) is 0 Å². The molecule has 1 aliphatic rings. The summed E-state index contributed by atoms with van der Waals surface area (Å²) < 4.78 is 0. The van der Waals surface area contributed by atoms with Crippen molar-refractivity contribution >= 4 is 0 Å². The lowest BCUT2D eigenvalue weighted by atomic mass is 9.88. The van der Waals surface area contributed by atoms with Gasteiger partial charge in [0.25, 0.3) is 0 Å². The highest BCUT2D eigenvalue weighted by atomic mass is 15.0. The first-order valence-corrected chi connectivity index (χ1v) is 4.24. The second-order valence-electron chi connectivity index (χ2n) is 3.31. The number of nitrogens with two attached hydrogens (primary N) is 1. The summed E-state index contributed by atoms with van der Waals surface area (Å²) in [6.07, 6.45) is 2.39. The van der Waals surface area contributed by atoms with Gasteiger partial charge in [0.15, 0.2) is 0 Å². The molecule has 0 bridgehead atoms. The van der Waals surface area contributed by atoms with E-state index in [2.05, 4.69) is 19.2 Å². The number of hydrogen-bond acceptors (Lipinski definition) is 2. The molecule has 2 nitrogen and oxygen atoms in total. The fourth-order valence-electron chi connectivity index (χ4n) is 1.64. The molecule has 0 amide bonds. The van der Waals surface area contributed by atoms with Crippen LogP contribution in [0, 0.1) is 5.92 Å². The first kappa shape index (κ1) is 8.02. The molecule has 0 aromatic rings. The zero-order valence-electron chi connectivity index (χ0n) is 6.93. The van der Waals surface area contributed by atoms with E-state index in [-0.39, 0.29) is 0 Å². The molecule has 0 aromatic heterocycles. The molecular weight excluding hydrogens is 124 g/mol. The van der Waals surface area contributed by atoms with Crippen LogP contribution in [0.5, 0.6) is 0 Å². The molecule has 0 saturated carbocycles. The van der Waals surface area contributed by atoms with Crippen molar-refractivity contribution in [3.8, 4) is 0 Å². The summed E-state index contributed by atoms with van der Waals surface area (Å²) in [5.41, 5.74) is 5.97. The summed E-state index contributed by atoms with van der Waals surface area (Å²) in [4.78, 5) is 0. The minimum atomic E-state index is 0.374. The van der Waals surface area contributed by atoms with Crippen molar-refractivity contribution in [1.82, 2.24) is 5.32 Å². The molecule has 0 spiro atoms. The lowest BCUT2D eigenvalue weighted by molar-refractivity contribution is 0.266. The SMILES string of the molecule is CCC1NCCC(C)C1N. The molecule has 0 aromatic carbocycles. The van der Waals surface area contributed by atoms with Crippen LogP contribution in [0.25, 0.3) is 0 Å². The lowest BCUT2D eigenvalue weighted by Crippen LogP contribution is -2.53. The van der Waals surface area contributed by atoms with Gasteiger partial charge in [-0.1, -0.05) is 13.8 Å². The molecule has 1 aliphatic heterocycles. The maximum atomic E-state index is 5.97. The molecule has 10 heavy (non-hydrogen) atoms. The maximum absolute atomic E-state index is 5.97. The van der Waals surface area contributed by atoms with Crippen LogP contribution < -0.4 is 11.1 Å². The smallest absolute Gasteiger partial charge is 0.0220 e. The van der Waals surface area contributed by atoms with Gasteiger partial charge in [-0.05, 0) is 25.3 Å². The van der Waals surface area contributed by atoms with Crippen LogP contribution in [0.4, 0.5) is 0 Å². The standard InChI is InChI=1S/C8H18N2/c1-3-7-8(9)6(2)4-5-10-7/h6-8,10H,3-5,9H2,1-2H3. The molecular formula is C8H18N2. The minimum Gasteiger partial charge on any atom is -0.326 e. The van der Waals surface area contributed by atoms with Crippen molar-refractivity contribution in [2.75, 3.05) is 6.54 Å². The van der Waals surface area contributed by atoms with Crippen LogP contribution in [-0.4, -0.2) is 18.6 Å². The fraction of sp³-hybridized carbons (Fsp3) is 1.00. The van der Waals surface area contributed by atoms with E-state index in [1.54, 1.807) is 0 Å². The van der Waals surface area contributed by atoms with Gasteiger partial charge in [0.1, 0.15) is 0 Å². The van der Waals surface area contributed by atoms with Crippen LogP contribution >= 0.6 is 0 Å². The van der Waals surface area contributed by atoms with Gasteiger partial charge < -0.3 is 11.1 Å². The van der Waals surface area contributed by atoms with Gasteiger partial charge in [-0.2, -0.15) is 0 Å². The maximum Gasteiger partial charge on any atom is 0.0220 e. The normalized spacial score (nSPS) is 41.7. The second kappa shape index (κ2) is 3.35. The predicted molar refractivity (Wildman–Crippen MR) is 43.8 cm³/mol. The highest BCUT2D eigenvalue weighted by Gasteiger charge is 2.25. The monoisotopic (exact) mass is 142 g/mol. The quantitative estimate of drug-likeness (QED) is 0.566. The Labute approximate surface area is 63.2 Å². The van der Waals surface area contributed by atoms with E-state index >= 15 is 0 Å². The fourth-order valence-corrected chi connectivity index (χ4v) is 1.64. The first-order valence-electron chi connectivity index (χ1n) is 4.24. The molecule has 1 heterocycles. The largest absolute Gasteiger partial charge is 0.326 e. The van der Waals surface area contributed by atoms with Crippen LogP contribution in [-0.2, 0) is 0 Å². The summed E-state index contributed by atoms with van der Waals surface area (Å²) in [5, 5.41) is 3.42. The van der Waals surface area contributed by atoms with E-state index in [0.29, 0.717) is 18.0 Å². The highest BCUT2D eigenvalue weighted by molar-refractivity contribution is 4.86. The van der Waals surface area contributed by atoms with E-state index in [9.17, 15) is 0 Å². The summed E-state index contributed by atoms with van der Waals surface area (Å²) in [6, 6.07) is 0.933. The molecule has 3 unspecified atom stereocenters. The summed E-state index contributed by atoms with van der Waals surface area (Å²) in [6.45, 7) is 5.58. The molecule has 2 heteroatoms. The summed E-state index contributed by atoms with van der Waals surface area (Å²) in [7, 11) is 0. The van der Waals surface area contributed by atoms with Gasteiger partial charge in [-0.15, -0.1) is 0 Å².